The Morgan fingerprint density at radius 1 is 1.22 bits per heavy atom. The molecular formula is C11H11F3N4. The van der Waals surface area contributed by atoms with Gasteiger partial charge in [0.15, 0.2) is 0 Å². The predicted molar refractivity (Wildman–Crippen MR) is 59.0 cm³/mol. The lowest BCUT2D eigenvalue weighted by Crippen LogP contribution is -2.22. The lowest BCUT2D eigenvalue weighted by Gasteiger charge is -2.15. The van der Waals surface area contributed by atoms with Gasteiger partial charge in [0.05, 0.1) is 30.0 Å². The molecule has 0 saturated carbocycles. The molecule has 0 saturated heterocycles. The molecule has 1 atom stereocenters. The molecule has 1 heterocycles. The van der Waals surface area contributed by atoms with Gasteiger partial charge in [-0.3, -0.25) is 0 Å². The van der Waals surface area contributed by atoms with Crippen LogP contribution in [-0.2, 0) is 0 Å². The lowest BCUT2D eigenvalue weighted by atomic mass is 10.1. The van der Waals surface area contributed by atoms with Gasteiger partial charge in [-0.15, -0.1) is 5.10 Å². The highest BCUT2D eigenvalue weighted by molar-refractivity contribution is 5.32. The second kappa shape index (κ2) is 4.77. The van der Waals surface area contributed by atoms with E-state index in [9.17, 15) is 13.2 Å². The molecule has 1 aromatic heterocycles. The molecule has 0 aliphatic carbocycles. The number of alkyl halides is 3. The molecule has 2 N–H and O–H groups in total. The zero-order valence-corrected chi connectivity index (χ0v) is 9.30. The number of nitrogens with zero attached hydrogens (tertiary/aromatic N) is 3. The van der Waals surface area contributed by atoms with Crippen molar-refractivity contribution >= 4 is 0 Å². The topological polar surface area (TPSA) is 56.7 Å². The maximum atomic E-state index is 12.3. The van der Waals surface area contributed by atoms with E-state index in [0.717, 1.165) is 0 Å². The Morgan fingerprint density at radius 3 is 2.50 bits per heavy atom. The molecule has 0 radical (unpaired) electrons. The zero-order valence-electron chi connectivity index (χ0n) is 9.30. The number of nitrogens with two attached hydrogens (primary N) is 1. The van der Waals surface area contributed by atoms with Crippen molar-refractivity contribution in [2.45, 2.75) is 18.6 Å². The van der Waals surface area contributed by atoms with Crippen LogP contribution in [0.5, 0.6) is 0 Å². The molecule has 1 unspecified atom stereocenters. The van der Waals surface area contributed by atoms with Gasteiger partial charge in [-0.05, 0) is 12.1 Å². The minimum absolute atomic E-state index is 0.235. The smallest absolute Gasteiger partial charge is 0.322 e. The molecule has 96 valence electrons. The molecule has 4 nitrogen and oxygen atoms in total. The molecule has 18 heavy (non-hydrogen) atoms. The van der Waals surface area contributed by atoms with E-state index < -0.39 is 18.6 Å². The fraction of sp³-hybridized carbons (Fsp3) is 0.273. The number of rotatable bonds is 3. The standard InChI is InChI=1S/C11H11F3N4/c12-11(13,14)6-9(15)10-7-16-17-18(10)8-4-2-1-3-5-8/h1-5,7,9H,6,15H2. The first-order valence-electron chi connectivity index (χ1n) is 5.26. The third kappa shape index (κ3) is 2.86. The van der Waals surface area contributed by atoms with Crippen molar-refractivity contribution in [2.75, 3.05) is 0 Å². The summed E-state index contributed by atoms with van der Waals surface area (Å²) in [6.45, 7) is 0. The number of benzene rings is 1. The first-order chi connectivity index (χ1) is 8.47. The summed E-state index contributed by atoms with van der Waals surface area (Å²) in [6, 6.07) is 7.58. The third-order valence-corrected chi connectivity index (χ3v) is 2.41. The highest BCUT2D eigenvalue weighted by Crippen LogP contribution is 2.28. The summed E-state index contributed by atoms with van der Waals surface area (Å²) in [7, 11) is 0. The molecule has 0 bridgehead atoms. The average molecular weight is 256 g/mol. The molecule has 0 spiro atoms. The van der Waals surface area contributed by atoms with Gasteiger partial charge in [0, 0.05) is 0 Å². The summed E-state index contributed by atoms with van der Waals surface area (Å²) in [5.74, 6) is 0. The van der Waals surface area contributed by atoms with E-state index in [0.29, 0.717) is 5.69 Å². The van der Waals surface area contributed by atoms with Gasteiger partial charge in [0.1, 0.15) is 0 Å². The molecular weight excluding hydrogens is 245 g/mol. The van der Waals surface area contributed by atoms with Gasteiger partial charge < -0.3 is 5.73 Å². The van der Waals surface area contributed by atoms with Gasteiger partial charge in [-0.1, -0.05) is 23.4 Å². The first-order valence-corrected chi connectivity index (χ1v) is 5.26. The quantitative estimate of drug-likeness (QED) is 0.916. The lowest BCUT2D eigenvalue weighted by molar-refractivity contribution is -0.138. The summed E-state index contributed by atoms with van der Waals surface area (Å²) in [5, 5.41) is 7.37. The number of aromatic nitrogens is 3. The van der Waals surface area contributed by atoms with Gasteiger partial charge in [-0.2, -0.15) is 13.2 Å². The number of halogens is 3. The predicted octanol–water partition coefficient (Wildman–Crippen LogP) is 2.22. The van der Waals surface area contributed by atoms with Crippen LogP contribution in [0.2, 0.25) is 0 Å². The van der Waals surface area contributed by atoms with Gasteiger partial charge in [-0.25, -0.2) is 4.68 Å². The summed E-state index contributed by atoms with van der Waals surface area (Å²) in [6.07, 6.45) is -4.16. The third-order valence-electron chi connectivity index (χ3n) is 2.41. The SMILES string of the molecule is NC(CC(F)(F)F)c1cnnn1-c1ccccc1. The Bertz CT molecular complexity index is 507. The second-order valence-electron chi connectivity index (χ2n) is 3.83. The monoisotopic (exact) mass is 256 g/mol. The first kappa shape index (κ1) is 12.6. The largest absolute Gasteiger partial charge is 0.390 e. The summed E-state index contributed by atoms with van der Waals surface area (Å²) in [5.41, 5.74) is 6.41. The van der Waals surface area contributed by atoms with Crippen LogP contribution in [0.1, 0.15) is 18.2 Å². The van der Waals surface area contributed by atoms with Crippen molar-refractivity contribution in [3.8, 4) is 5.69 Å². The molecule has 2 rings (SSSR count). The molecule has 0 aliphatic rings. The van der Waals surface area contributed by atoms with Crippen LogP contribution in [-0.4, -0.2) is 21.2 Å². The average Bonchev–Trinajstić information content (AvgIpc) is 2.76. The van der Waals surface area contributed by atoms with Crippen molar-refractivity contribution in [2.24, 2.45) is 5.73 Å². The minimum Gasteiger partial charge on any atom is -0.322 e. The van der Waals surface area contributed by atoms with Crippen LogP contribution in [0.3, 0.4) is 0 Å². The second-order valence-corrected chi connectivity index (χ2v) is 3.83. The number of hydrogen-bond donors (Lipinski definition) is 1. The van der Waals surface area contributed by atoms with Gasteiger partial charge >= 0.3 is 6.18 Å². The van der Waals surface area contributed by atoms with Crippen molar-refractivity contribution in [1.82, 2.24) is 15.0 Å². The molecule has 1 aromatic carbocycles. The van der Waals surface area contributed by atoms with Crippen LogP contribution in [0, 0.1) is 0 Å². The van der Waals surface area contributed by atoms with Gasteiger partial charge in [0.25, 0.3) is 0 Å². The van der Waals surface area contributed by atoms with Crippen LogP contribution in [0.15, 0.2) is 36.5 Å². The summed E-state index contributed by atoms with van der Waals surface area (Å²) in [4.78, 5) is 0. The van der Waals surface area contributed by atoms with Gasteiger partial charge in [0.2, 0.25) is 0 Å². The molecule has 7 heteroatoms. The van der Waals surface area contributed by atoms with Crippen molar-refractivity contribution in [3.05, 3.63) is 42.2 Å². The molecule has 0 fully saturated rings. The van der Waals surface area contributed by atoms with Crippen LogP contribution < -0.4 is 5.73 Å². The molecule has 0 aliphatic heterocycles. The minimum atomic E-state index is -4.31. The van der Waals surface area contributed by atoms with E-state index in [1.165, 1.54) is 10.9 Å². The van der Waals surface area contributed by atoms with E-state index in [-0.39, 0.29) is 5.69 Å². The fourth-order valence-electron chi connectivity index (χ4n) is 1.62. The highest BCUT2D eigenvalue weighted by Gasteiger charge is 2.32. The van der Waals surface area contributed by atoms with Crippen LogP contribution in [0.4, 0.5) is 13.2 Å². The Morgan fingerprint density at radius 2 is 1.89 bits per heavy atom. The van der Waals surface area contributed by atoms with E-state index >= 15 is 0 Å². The van der Waals surface area contributed by atoms with E-state index in [2.05, 4.69) is 10.3 Å². The molecule has 2 aromatic rings. The number of para-hydroxylation sites is 1. The Hall–Kier alpha value is -1.89. The Kier molecular flexibility index (Phi) is 3.33. The van der Waals surface area contributed by atoms with Crippen molar-refractivity contribution < 1.29 is 13.2 Å². The Labute approximate surface area is 101 Å². The van der Waals surface area contributed by atoms with E-state index in [4.69, 9.17) is 5.73 Å². The molecule has 0 amide bonds. The van der Waals surface area contributed by atoms with E-state index in [1.807, 2.05) is 0 Å². The normalized spacial score (nSPS) is 13.6. The van der Waals surface area contributed by atoms with Crippen LogP contribution in [0.25, 0.3) is 5.69 Å². The van der Waals surface area contributed by atoms with Crippen molar-refractivity contribution in [3.63, 3.8) is 0 Å². The summed E-state index contributed by atoms with van der Waals surface area (Å²) < 4.78 is 38.2. The summed E-state index contributed by atoms with van der Waals surface area (Å²) >= 11 is 0. The Balaban J connectivity index is 2.28. The van der Waals surface area contributed by atoms with Crippen LogP contribution >= 0.6 is 0 Å². The maximum Gasteiger partial charge on any atom is 0.390 e. The fourth-order valence-corrected chi connectivity index (χ4v) is 1.62. The zero-order chi connectivity index (χ0) is 13.2. The maximum absolute atomic E-state index is 12.3. The number of hydrogen-bond acceptors (Lipinski definition) is 3. The highest BCUT2D eigenvalue weighted by atomic mass is 19.4. The van der Waals surface area contributed by atoms with Crippen molar-refractivity contribution in [1.29, 1.82) is 0 Å². The van der Waals surface area contributed by atoms with E-state index in [1.54, 1.807) is 30.3 Å².